The normalized spacial score (nSPS) is 22.6. The first-order valence-corrected chi connectivity index (χ1v) is 8.64. The van der Waals surface area contributed by atoms with Crippen LogP contribution in [0, 0.1) is 25.7 Å². The largest absolute Gasteiger partial charge is 0.383 e. The van der Waals surface area contributed by atoms with Crippen LogP contribution in [0.2, 0.25) is 0 Å². The van der Waals surface area contributed by atoms with Crippen LogP contribution < -0.4 is 0 Å². The van der Waals surface area contributed by atoms with Crippen LogP contribution in [-0.2, 0) is 20.9 Å². The van der Waals surface area contributed by atoms with E-state index < -0.39 is 0 Å². The van der Waals surface area contributed by atoms with Crippen molar-refractivity contribution < 1.29 is 19.1 Å². The minimum absolute atomic E-state index is 0.167. The molecule has 0 saturated carbocycles. The number of ether oxygens (including phenoxy) is 1. The first kappa shape index (κ1) is 17.6. The second kappa shape index (κ2) is 6.96. The molecular weight excluding hydrogens is 320 g/mol. The van der Waals surface area contributed by atoms with Crippen LogP contribution in [-0.4, -0.2) is 47.3 Å². The summed E-state index contributed by atoms with van der Waals surface area (Å²) in [7, 11) is 1.64. The molecule has 2 aliphatic rings. The van der Waals surface area contributed by atoms with Crippen LogP contribution in [0.1, 0.15) is 34.6 Å². The minimum Gasteiger partial charge on any atom is -0.383 e. The van der Waals surface area contributed by atoms with Crippen LogP contribution in [0.3, 0.4) is 0 Å². The molecule has 1 saturated heterocycles. The zero-order valence-corrected chi connectivity index (χ0v) is 14.9. The van der Waals surface area contributed by atoms with Gasteiger partial charge in [0.05, 0.1) is 25.0 Å². The summed E-state index contributed by atoms with van der Waals surface area (Å²) in [5, 5.41) is 0. The highest BCUT2D eigenvalue weighted by Gasteiger charge is 2.47. The van der Waals surface area contributed by atoms with Crippen LogP contribution in [0.15, 0.2) is 18.2 Å². The number of hydrogen-bond acceptors (Lipinski definition) is 4. The van der Waals surface area contributed by atoms with Gasteiger partial charge in [-0.2, -0.15) is 0 Å². The number of carbonyl (C=O) groups excluding carboxylic acids is 3. The van der Waals surface area contributed by atoms with E-state index in [1.807, 2.05) is 36.6 Å². The number of hydrogen-bond donors (Lipinski definition) is 0. The molecule has 2 atom stereocenters. The number of aryl methyl sites for hydroxylation is 1. The summed E-state index contributed by atoms with van der Waals surface area (Å²) < 4.78 is 7.13. The topological polar surface area (TPSA) is 68.6 Å². The molecule has 1 aromatic rings. The summed E-state index contributed by atoms with van der Waals surface area (Å²) >= 11 is 0. The van der Waals surface area contributed by atoms with Gasteiger partial charge < -0.3 is 9.30 Å². The number of rotatable bonds is 6. The number of nitrogens with zero attached hydrogens (tertiary/aromatic N) is 2. The third-order valence-corrected chi connectivity index (χ3v) is 5.29. The van der Waals surface area contributed by atoms with Gasteiger partial charge in [-0.15, -0.1) is 0 Å². The van der Waals surface area contributed by atoms with Crippen molar-refractivity contribution in [2.24, 2.45) is 11.8 Å². The van der Waals surface area contributed by atoms with Crippen LogP contribution in [0.4, 0.5) is 0 Å². The Hall–Kier alpha value is -2.21. The molecule has 1 fully saturated rings. The number of likely N-dealkylation sites (tertiary alicyclic amines) is 1. The number of ketones is 1. The Morgan fingerprint density at radius 3 is 2.32 bits per heavy atom. The quantitative estimate of drug-likeness (QED) is 0.449. The molecule has 3 rings (SSSR count). The van der Waals surface area contributed by atoms with Gasteiger partial charge in [-0.1, -0.05) is 12.2 Å². The lowest BCUT2D eigenvalue weighted by molar-refractivity contribution is -0.139. The summed E-state index contributed by atoms with van der Waals surface area (Å²) in [5.74, 6) is -1.19. The van der Waals surface area contributed by atoms with Crippen LogP contribution in [0.25, 0.3) is 0 Å². The number of methoxy groups -OCH3 is 1. The smallest absolute Gasteiger partial charge is 0.233 e. The lowest BCUT2D eigenvalue weighted by atomic mass is 9.85. The molecule has 2 amide bonds. The number of imide groups is 1. The number of allylic oxidation sites excluding steroid dienone is 2. The van der Waals surface area contributed by atoms with Crippen molar-refractivity contribution in [3.8, 4) is 0 Å². The molecule has 25 heavy (non-hydrogen) atoms. The van der Waals surface area contributed by atoms with E-state index in [-0.39, 0.29) is 36.0 Å². The standard InChI is InChI=1S/C19H24N2O4/c1-12-10-16(13(2)20(12)8-9-25-3)17(22)11-21-18(23)14-6-4-5-7-15(14)19(21)24/h4-5,10,14-15H,6-9,11H2,1-3H3/t14-,15-/m1/s1. The molecule has 1 aromatic heterocycles. The minimum atomic E-state index is -0.292. The predicted octanol–water partition coefficient (Wildman–Crippen LogP) is 1.89. The first-order valence-electron chi connectivity index (χ1n) is 8.64. The van der Waals surface area contributed by atoms with Crippen LogP contribution >= 0.6 is 0 Å². The summed E-state index contributed by atoms with van der Waals surface area (Å²) in [4.78, 5) is 38.9. The zero-order valence-electron chi connectivity index (χ0n) is 14.9. The van der Waals surface area contributed by atoms with Crippen molar-refractivity contribution in [3.05, 3.63) is 35.2 Å². The lowest BCUT2D eigenvalue weighted by Crippen LogP contribution is -2.36. The predicted molar refractivity (Wildman–Crippen MR) is 92.2 cm³/mol. The maximum Gasteiger partial charge on any atom is 0.233 e. The Kier molecular flexibility index (Phi) is 4.90. The molecule has 6 nitrogen and oxygen atoms in total. The van der Waals surface area contributed by atoms with Gasteiger partial charge in [-0.3, -0.25) is 19.3 Å². The van der Waals surface area contributed by atoms with E-state index in [9.17, 15) is 14.4 Å². The Bertz CT molecular complexity index is 721. The number of carbonyl (C=O) groups is 3. The Morgan fingerprint density at radius 1 is 1.16 bits per heavy atom. The Morgan fingerprint density at radius 2 is 1.76 bits per heavy atom. The highest BCUT2D eigenvalue weighted by atomic mass is 16.5. The second-order valence-electron chi connectivity index (χ2n) is 6.77. The van der Waals surface area contributed by atoms with Crippen molar-refractivity contribution in [1.29, 1.82) is 0 Å². The van der Waals surface area contributed by atoms with Gasteiger partial charge in [0, 0.05) is 30.6 Å². The van der Waals surface area contributed by atoms with E-state index in [1.54, 1.807) is 7.11 Å². The molecule has 0 bridgehead atoms. The lowest BCUT2D eigenvalue weighted by Gasteiger charge is -2.14. The first-order chi connectivity index (χ1) is 12.0. The molecule has 0 spiro atoms. The van der Waals surface area contributed by atoms with Gasteiger partial charge in [-0.25, -0.2) is 0 Å². The molecule has 6 heteroatoms. The van der Waals surface area contributed by atoms with Gasteiger partial charge in [0.2, 0.25) is 11.8 Å². The van der Waals surface area contributed by atoms with E-state index in [2.05, 4.69) is 0 Å². The summed E-state index contributed by atoms with van der Waals surface area (Å²) in [6.45, 7) is 4.88. The monoisotopic (exact) mass is 344 g/mol. The number of fused-ring (bicyclic) bond motifs is 1. The van der Waals surface area contributed by atoms with Gasteiger partial charge in [0.1, 0.15) is 0 Å². The maximum atomic E-state index is 12.8. The zero-order chi connectivity index (χ0) is 18.1. The van der Waals surface area contributed by atoms with Crippen molar-refractivity contribution in [1.82, 2.24) is 9.47 Å². The molecule has 2 heterocycles. The third kappa shape index (κ3) is 3.06. The summed E-state index contributed by atoms with van der Waals surface area (Å²) in [6, 6.07) is 1.83. The van der Waals surface area contributed by atoms with Crippen molar-refractivity contribution >= 4 is 17.6 Å². The van der Waals surface area contributed by atoms with E-state index in [0.717, 1.165) is 16.3 Å². The van der Waals surface area contributed by atoms with Gasteiger partial charge in [0.25, 0.3) is 0 Å². The summed E-state index contributed by atoms with van der Waals surface area (Å²) in [6.07, 6.45) is 5.07. The fourth-order valence-corrected chi connectivity index (χ4v) is 3.86. The fourth-order valence-electron chi connectivity index (χ4n) is 3.86. The maximum absolute atomic E-state index is 12.8. The number of amides is 2. The molecule has 1 aliphatic heterocycles. The van der Waals surface area contributed by atoms with Gasteiger partial charge in [0.15, 0.2) is 5.78 Å². The van der Waals surface area contributed by atoms with Gasteiger partial charge in [-0.05, 0) is 32.8 Å². The molecule has 0 unspecified atom stereocenters. The van der Waals surface area contributed by atoms with Crippen molar-refractivity contribution in [2.45, 2.75) is 33.2 Å². The van der Waals surface area contributed by atoms with Gasteiger partial charge >= 0.3 is 0 Å². The average Bonchev–Trinajstić information content (AvgIpc) is 3.02. The average molecular weight is 344 g/mol. The summed E-state index contributed by atoms with van der Waals surface area (Å²) in [5.41, 5.74) is 2.38. The molecule has 0 N–H and O–H groups in total. The van der Waals surface area contributed by atoms with E-state index in [4.69, 9.17) is 4.74 Å². The molecular formula is C19H24N2O4. The Labute approximate surface area is 147 Å². The number of Topliss-reactive ketones (excluding diaryl/α,β-unsaturated/α-hetero) is 1. The van der Waals surface area contributed by atoms with E-state index in [0.29, 0.717) is 31.6 Å². The third-order valence-electron chi connectivity index (χ3n) is 5.29. The van der Waals surface area contributed by atoms with Crippen molar-refractivity contribution in [3.63, 3.8) is 0 Å². The van der Waals surface area contributed by atoms with Crippen molar-refractivity contribution in [2.75, 3.05) is 20.3 Å². The molecule has 134 valence electrons. The second-order valence-corrected chi connectivity index (χ2v) is 6.77. The fraction of sp³-hybridized carbons (Fsp3) is 0.526. The Balaban J connectivity index is 1.77. The molecule has 1 aliphatic carbocycles. The van der Waals surface area contributed by atoms with E-state index in [1.165, 1.54) is 0 Å². The van der Waals surface area contributed by atoms with E-state index >= 15 is 0 Å². The SMILES string of the molecule is COCCn1c(C)cc(C(=O)CN2C(=O)[C@@H]3CC=CC[C@H]3C2=O)c1C. The number of aromatic nitrogens is 1. The molecule has 0 radical (unpaired) electrons. The highest BCUT2D eigenvalue weighted by Crippen LogP contribution is 2.35. The molecule has 0 aromatic carbocycles. The highest BCUT2D eigenvalue weighted by molar-refractivity contribution is 6.10. The van der Waals surface area contributed by atoms with Crippen LogP contribution in [0.5, 0.6) is 0 Å².